The van der Waals surface area contributed by atoms with Crippen LogP contribution in [0.15, 0.2) is 35.4 Å². The number of hydrogen-bond acceptors (Lipinski definition) is 7. The lowest BCUT2D eigenvalue weighted by Gasteiger charge is -2.25. The fourth-order valence-corrected chi connectivity index (χ4v) is 3.74. The van der Waals surface area contributed by atoms with Gasteiger partial charge in [0.05, 0.1) is 19.8 Å². The Morgan fingerprint density at radius 3 is 2.69 bits per heavy atom. The summed E-state index contributed by atoms with van der Waals surface area (Å²) in [5, 5.41) is 0.732. The van der Waals surface area contributed by atoms with E-state index < -0.39 is 5.82 Å². The summed E-state index contributed by atoms with van der Waals surface area (Å²) in [6.07, 6.45) is 1.33. The van der Waals surface area contributed by atoms with Gasteiger partial charge in [-0.3, -0.25) is 14.2 Å². The Bertz CT molecular complexity index is 1010. The van der Waals surface area contributed by atoms with Crippen molar-refractivity contribution in [2.75, 3.05) is 31.2 Å². The Balaban J connectivity index is 1.61. The maximum atomic E-state index is 13.0. The molecule has 0 bridgehead atoms. The topological polar surface area (TPSA) is 77.3 Å². The van der Waals surface area contributed by atoms with Crippen LogP contribution in [0, 0.1) is 5.82 Å². The summed E-state index contributed by atoms with van der Waals surface area (Å²) >= 11 is 1.27. The Morgan fingerprint density at radius 2 is 1.96 bits per heavy atom. The van der Waals surface area contributed by atoms with Gasteiger partial charge in [-0.1, -0.05) is 11.3 Å². The molecular weight excluding hydrogens is 359 g/mol. The minimum atomic E-state index is -0.415. The van der Waals surface area contributed by atoms with Crippen LogP contribution in [0.4, 0.5) is 9.52 Å². The summed E-state index contributed by atoms with van der Waals surface area (Å²) in [6.45, 7) is 2.53. The number of Topliss-reactive ketones (excluding diaryl/α,β-unsaturated/α-hetero) is 1. The average Bonchev–Trinajstić information content (AvgIpc) is 3.10. The van der Waals surface area contributed by atoms with Crippen LogP contribution in [0.5, 0.6) is 0 Å². The van der Waals surface area contributed by atoms with E-state index in [1.54, 1.807) is 0 Å². The molecular formula is C17H15FN4O3S. The van der Waals surface area contributed by atoms with E-state index in [-0.39, 0.29) is 17.9 Å². The second kappa shape index (κ2) is 6.93. The van der Waals surface area contributed by atoms with Gasteiger partial charge >= 0.3 is 0 Å². The number of hydrogen-bond donors (Lipinski definition) is 0. The van der Waals surface area contributed by atoms with Crippen LogP contribution < -0.4 is 10.5 Å². The van der Waals surface area contributed by atoms with Crippen LogP contribution in [-0.2, 0) is 11.3 Å². The number of aromatic nitrogens is 3. The Labute approximate surface area is 151 Å². The van der Waals surface area contributed by atoms with Crippen LogP contribution in [0.25, 0.3) is 10.3 Å². The Hall–Kier alpha value is -2.65. The number of carbonyl (C=O) groups excluding carboxylic acids is 1. The maximum absolute atomic E-state index is 13.0. The largest absolute Gasteiger partial charge is 0.378 e. The minimum absolute atomic E-state index is 0.155. The molecule has 1 aromatic carbocycles. The lowest BCUT2D eigenvalue weighted by atomic mass is 10.1. The number of benzene rings is 1. The highest BCUT2D eigenvalue weighted by Gasteiger charge is 2.18. The SMILES string of the molecule is O=C(Cn1cnc2nc(N3CCOCC3)sc2c1=O)c1ccc(F)cc1. The van der Waals surface area contributed by atoms with Crippen LogP contribution >= 0.6 is 11.3 Å². The van der Waals surface area contributed by atoms with Crippen LogP contribution in [-0.4, -0.2) is 46.6 Å². The Kier molecular flexibility index (Phi) is 4.48. The number of carbonyl (C=O) groups is 1. The number of fused-ring (bicyclic) bond motifs is 1. The monoisotopic (exact) mass is 374 g/mol. The highest BCUT2D eigenvalue weighted by atomic mass is 32.1. The summed E-state index contributed by atoms with van der Waals surface area (Å²) in [5.41, 5.74) is 0.422. The molecule has 1 aliphatic heterocycles. The molecule has 3 heterocycles. The van der Waals surface area contributed by atoms with E-state index in [4.69, 9.17) is 4.74 Å². The fourth-order valence-electron chi connectivity index (χ4n) is 2.72. The molecule has 0 atom stereocenters. The molecule has 0 unspecified atom stereocenters. The van der Waals surface area contributed by atoms with Crippen molar-refractivity contribution >= 4 is 32.6 Å². The number of halogens is 1. The van der Waals surface area contributed by atoms with E-state index in [2.05, 4.69) is 14.9 Å². The smallest absolute Gasteiger partial charge is 0.273 e. The molecule has 0 saturated carbocycles. The average molecular weight is 374 g/mol. The zero-order chi connectivity index (χ0) is 18.1. The molecule has 4 rings (SSSR count). The molecule has 1 saturated heterocycles. The van der Waals surface area contributed by atoms with Crippen molar-refractivity contribution in [3.05, 3.63) is 52.3 Å². The van der Waals surface area contributed by atoms with E-state index >= 15 is 0 Å². The van der Waals surface area contributed by atoms with E-state index in [0.717, 1.165) is 18.2 Å². The van der Waals surface area contributed by atoms with Gasteiger partial charge in [0, 0.05) is 18.7 Å². The predicted molar refractivity (Wildman–Crippen MR) is 95.4 cm³/mol. The van der Waals surface area contributed by atoms with Crippen molar-refractivity contribution in [2.45, 2.75) is 6.54 Å². The number of anilines is 1. The summed E-state index contributed by atoms with van der Waals surface area (Å²) in [7, 11) is 0. The van der Waals surface area contributed by atoms with Gasteiger partial charge in [-0.25, -0.2) is 9.37 Å². The first-order valence-corrected chi connectivity index (χ1v) is 8.91. The molecule has 26 heavy (non-hydrogen) atoms. The highest BCUT2D eigenvalue weighted by Crippen LogP contribution is 2.25. The summed E-state index contributed by atoms with van der Waals surface area (Å²) in [5.74, 6) is -0.701. The molecule has 9 heteroatoms. The number of morpholine rings is 1. The molecule has 0 amide bonds. The standard InChI is InChI=1S/C17H15FN4O3S/c18-12-3-1-11(2-4-12)13(23)9-22-10-19-15-14(16(22)24)26-17(20-15)21-5-7-25-8-6-21/h1-4,10H,5-9H2. The number of nitrogens with zero attached hydrogens (tertiary/aromatic N) is 4. The predicted octanol–water partition coefficient (Wildman–Crippen LogP) is 1.71. The van der Waals surface area contributed by atoms with E-state index in [1.165, 1.54) is 46.5 Å². The second-order valence-corrected chi connectivity index (χ2v) is 6.83. The van der Waals surface area contributed by atoms with Gasteiger partial charge in [0.25, 0.3) is 5.56 Å². The van der Waals surface area contributed by atoms with Gasteiger partial charge in [0.2, 0.25) is 0 Å². The lowest BCUT2D eigenvalue weighted by molar-refractivity contribution is 0.0970. The van der Waals surface area contributed by atoms with Crippen LogP contribution in [0.2, 0.25) is 0 Å². The maximum Gasteiger partial charge on any atom is 0.273 e. The zero-order valence-electron chi connectivity index (χ0n) is 13.7. The van der Waals surface area contributed by atoms with E-state index in [0.29, 0.717) is 29.1 Å². The van der Waals surface area contributed by atoms with E-state index in [1.807, 2.05) is 0 Å². The van der Waals surface area contributed by atoms with Gasteiger partial charge in [-0.2, -0.15) is 4.98 Å². The first-order chi connectivity index (χ1) is 12.6. The first kappa shape index (κ1) is 16.8. The highest BCUT2D eigenvalue weighted by molar-refractivity contribution is 7.22. The quantitative estimate of drug-likeness (QED) is 0.647. The summed E-state index contributed by atoms with van der Waals surface area (Å²) in [6, 6.07) is 5.24. The molecule has 0 N–H and O–H groups in total. The molecule has 1 aliphatic rings. The summed E-state index contributed by atoms with van der Waals surface area (Å²) < 4.78 is 20.0. The Morgan fingerprint density at radius 1 is 1.23 bits per heavy atom. The molecule has 1 fully saturated rings. The van der Waals surface area contributed by atoms with Crippen molar-refractivity contribution in [3.63, 3.8) is 0 Å². The minimum Gasteiger partial charge on any atom is -0.378 e. The van der Waals surface area contributed by atoms with Gasteiger partial charge in [-0.15, -0.1) is 0 Å². The van der Waals surface area contributed by atoms with Gasteiger partial charge < -0.3 is 9.64 Å². The third kappa shape index (κ3) is 3.23. The molecule has 0 radical (unpaired) electrons. The third-order valence-corrected chi connectivity index (χ3v) is 5.23. The normalized spacial score (nSPS) is 14.7. The van der Waals surface area contributed by atoms with Crippen molar-refractivity contribution in [2.24, 2.45) is 0 Å². The van der Waals surface area contributed by atoms with Crippen molar-refractivity contribution < 1.29 is 13.9 Å². The van der Waals surface area contributed by atoms with Gasteiger partial charge in [0.15, 0.2) is 16.6 Å². The van der Waals surface area contributed by atoms with Crippen molar-refractivity contribution in [3.8, 4) is 0 Å². The van der Waals surface area contributed by atoms with Crippen LogP contribution in [0.3, 0.4) is 0 Å². The number of thiazole rings is 1. The number of rotatable bonds is 4. The first-order valence-electron chi connectivity index (χ1n) is 8.09. The summed E-state index contributed by atoms with van der Waals surface area (Å²) in [4.78, 5) is 35.7. The molecule has 0 aliphatic carbocycles. The number of ether oxygens (including phenoxy) is 1. The van der Waals surface area contributed by atoms with Crippen molar-refractivity contribution in [1.29, 1.82) is 0 Å². The van der Waals surface area contributed by atoms with Gasteiger partial charge in [-0.05, 0) is 24.3 Å². The van der Waals surface area contributed by atoms with Crippen LogP contribution in [0.1, 0.15) is 10.4 Å². The molecule has 3 aromatic rings. The van der Waals surface area contributed by atoms with Gasteiger partial charge in [0.1, 0.15) is 16.8 Å². The zero-order valence-corrected chi connectivity index (χ0v) is 14.5. The third-order valence-electron chi connectivity index (χ3n) is 4.13. The fraction of sp³-hybridized carbons (Fsp3) is 0.294. The van der Waals surface area contributed by atoms with E-state index in [9.17, 15) is 14.0 Å². The van der Waals surface area contributed by atoms with Crippen molar-refractivity contribution in [1.82, 2.24) is 14.5 Å². The molecule has 134 valence electrons. The molecule has 0 spiro atoms. The lowest BCUT2D eigenvalue weighted by Crippen LogP contribution is -2.36. The second-order valence-electron chi connectivity index (χ2n) is 5.86. The number of ketones is 1. The molecule has 7 nitrogen and oxygen atoms in total. The molecule has 2 aromatic heterocycles.